The van der Waals surface area contributed by atoms with Gasteiger partial charge in [0.2, 0.25) is 0 Å². The van der Waals surface area contributed by atoms with Crippen molar-refractivity contribution in [3.8, 4) is 11.5 Å². The Morgan fingerprint density at radius 1 is 1.12 bits per heavy atom. The second-order valence-electron chi connectivity index (χ2n) is 6.28. The van der Waals surface area contributed by atoms with Gasteiger partial charge in [-0.2, -0.15) is 0 Å². The molecule has 6 heteroatoms. The molecule has 132 valence electrons. The number of nitrogens with two attached hydrogens (primary N) is 1. The molecule has 0 heterocycles. The van der Waals surface area contributed by atoms with Crippen LogP contribution in [0.15, 0.2) is 42.5 Å². The van der Waals surface area contributed by atoms with Crippen molar-refractivity contribution in [2.75, 3.05) is 0 Å². The maximum Gasteiger partial charge on any atom is 0.255 e. The lowest BCUT2D eigenvalue weighted by Gasteiger charge is -2.27. The first kappa shape index (κ1) is 17.7. The van der Waals surface area contributed by atoms with Crippen molar-refractivity contribution in [1.82, 2.24) is 5.32 Å². The molecule has 3 rings (SSSR count). The van der Waals surface area contributed by atoms with E-state index in [0.717, 1.165) is 25.7 Å². The van der Waals surface area contributed by atoms with E-state index in [1.165, 1.54) is 24.3 Å². The van der Waals surface area contributed by atoms with Crippen LogP contribution in [0.5, 0.6) is 11.5 Å². The molecular weight excluding hydrogens is 343 g/mol. The Kier molecular flexibility index (Phi) is 5.56. The summed E-state index contributed by atoms with van der Waals surface area (Å²) in [5.74, 6) is 0.236. The van der Waals surface area contributed by atoms with Crippen molar-refractivity contribution < 1.29 is 13.9 Å². The molecule has 2 aromatic carbocycles. The molecule has 1 aliphatic rings. The predicted octanol–water partition coefficient (Wildman–Crippen LogP) is 4.27. The third-order valence-corrected chi connectivity index (χ3v) is 4.57. The van der Waals surface area contributed by atoms with Gasteiger partial charge in [0.1, 0.15) is 17.3 Å². The SMILES string of the molecule is NC1CCC(NC(=O)c2cc(Cl)ccc2Oc2ccc(F)cc2)CC1. The van der Waals surface area contributed by atoms with E-state index in [2.05, 4.69) is 5.32 Å². The number of hydrogen-bond acceptors (Lipinski definition) is 3. The number of carbonyl (C=O) groups is 1. The van der Waals surface area contributed by atoms with E-state index in [0.29, 0.717) is 22.1 Å². The molecule has 0 aromatic heterocycles. The van der Waals surface area contributed by atoms with Gasteiger partial charge in [-0.05, 0) is 68.1 Å². The van der Waals surface area contributed by atoms with E-state index in [4.69, 9.17) is 22.1 Å². The van der Waals surface area contributed by atoms with Gasteiger partial charge in [0, 0.05) is 17.1 Å². The summed E-state index contributed by atoms with van der Waals surface area (Å²) in [5.41, 5.74) is 6.26. The highest BCUT2D eigenvalue weighted by molar-refractivity contribution is 6.31. The number of nitrogens with one attached hydrogen (secondary N) is 1. The van der Waals surface area contributed by atoms with Gasteiger partial charge >= 0.3 is 0 Å². The molecule has 0 atom stereocenters. The first-order valence-corrected chi connectivity index (χ1v) is 8.68. The normalized spacial score (nSPS) is 20.1. The zero-order valence-electron chi connectivity index (χ0n) is 13.7. The molecule has 3 N–H and O–H groups in total. The molecule has 0 aliphatic heterocycles. The van der Waals surface area contributed by atoms with Crippen molar-refractivity contribution in [3.05, 3.63) is 58.9 Å². The van der Waals surface area contributed by atoms with Crippen LogP contribution in [0, 0.1) is 5.82 Å². The Balaban J connectivity index is 1.76. The van der Waals surface area contributed by atoms with Gasteiger partial charge in [0.05, 0.1) is 5.56 Å². The molecule has 2 aromatic rings. The van der Waals surface area contributed by atoms with Crippen LogP contribution in [-0.2, 0) is 0 Å². The fourth-order valence-electron chi connectivity index (χ4n) is 2.92. The van der Waals surface area contributed by atoms with Crippen LogP contribution in [0.2, 0.25) is 5.02 Å². The topological polar surface area (TPSA) is 64.3 Å². The van der Waals surface area contributed by atoms with Gasteiger partial charge in [-0.1, -0.05) is 11.6 Å². The number of carbonyl (C=O) groups excluding carboxylic acids is 1. The lowest BCUT2D eigenvalue weighted by molar-refractivity contribution is 0.0923. The van der Waals surface area contributed by atoms with E-state index in [1.807, 2.05) is 0 Å². The monoisotopic (exact) mass is 362 g/mol. The molecule has 0 saturated heterocycles. The Morgan fingerprint density at radius 2 is 1.80 bits per heavy atom. The Labute approximate surface area is 151 Å². The Morgan fingerprint density at radius 3 is 2.48 bits per heavy atom. The van der Waals surface area contributed by atoms with Crippen LogP contribution in [0.4, 0.5) is 4.39 Å². The molecule has 1 saturated carbocycles. The van der Waals surface area contributed by atoms with Gasteiger partial charge in [-0.3, -0.25) is 4.79 Å². The van der Waals surface area contributed by atoms with Gasteiger partial charge in [0.15, 0.2) is 0 Å². The number of amides is 1. The van der Waals surface area contributed by atoms with E-state index in [1.54, 1.807) is 18.2 Å². The fourth-order valence-corrected chi connectivity index (χ4v) is 3.10. The fraction of sp³-hybridized carbons (Fsp3) is 0.316. The quantitative estimate of drug-likeness (QED) is 0.853. The van der Waals surface area contributed by atoms with E-state index < -0.39 is 0 Å². The summed E-state index contributed by atoms with van der Waals surface area (Å²) in [6, 6.07) is 10.8. The minimum absolute atomic E-state index is 0.102. The molecule has 0 spiro atoms. The van der Waals surface area contributed by atoms with E-state index >= 15 is 0 Å². The molecule has 1 fully saturated rings. The van der Waals surface area contributed by atoms with Crippen LogP contribution < -0.4 is 15.8 Å². The average Bonchev–Trinajstić information content (AvgIpc) is 2.60. The lowest BCUT2D eigenvalue weighted by Crippen LogP contribution is -2.40. The minimum atomic E-state index is -0.350. The zero-order chi connectivity index (χ0) is 17.8. The van der Waals surface area contributed by atoms with Crippen LogP contribution in [-0.4, -0.2) is 18.0 Å². The summed E-state index contributed by atoms with van der Waals surface area (Å²) in [7, 11) is 0. The van der Waals surface area contributed by atoms with Gasteiger partial charge in [-0.15, -0.1) is 0 Å². The highest BCUT2D eigenvalue weighted by atomic mass is 35.5. The van der Waals surface area contributed by atoms with Crippen LogP contribution in [0.1, 0.15) is 36.0 Å². The number of ether oxygens (including phenoxy) is 1. The Bertz CT molecular complexity index is 744. The maximum absolute atomic E-state index is 13.0. The van der Waals surface area contributed by atoms with E-state index in [-0.39, 0.29) is 23.8 Å². The average molecular weight is 363 g/mol. The third-order valence-electron chi connectivity index (χ3n) is 4.33. The van der Waals surface area contributed by atoms with E-state index in [9.17, 15) is 9.18 Å². The van der Waals surface area contributed by atoms with Crippen molar-refractivity contribution in [3.63, 3.8) is 0 Å². The molecule has 0 unspecified atom stereocenters. The smallest absolute Gasteiger partial charge is 0.255 e. The first-order valence-electron chi connectivity index (χ1n) is 8.30. The minimum Gasteiger partial charge on any atom is -0.457 e. The molecular formula is C19H20ClFN2O2. The summed E-state index contributed by atoms with van der Waals surface area (Å²) in [4.78, 5) is 12.7. The van der Waals surface area contributed by atoms with Crippen molar-refractivity contribution in [2.45, 2.75) is 37.8 Å². The van der Waals surface area contributed by atoms with Gasteiger partial charge in [0.25, 0.3) is 5.91 Å². The second-order valence-corrected chi connectivity index (χ2v) is 6.72. The highest BCUT2D eigenvalue weighted by Crippen LogP contribution is 2.28. The first-order chi connectivity index (χ1) is 12.0. The number of halogens is 2. The van der Waals surface area contributed by atoms with Crippen molar-refractivity contribution >= 4 is 17.5 Å². The van der Waals surface area contributed by atoms with Crippen LogP contribution >= 0.6 is 11.6 Å². The van der Waals surface area contributed by atoms with Gasteiger partial charge < -0.3 is 15.8 Å². The largest absolute Gasteiger partial charge is 0.457 e. The zero-order valence-corrected chi connectivity index (χ0v) is 14.4. The summed E-state index contributed by atoms with van der Waals surface area (Å²) in [6.07, 6.45) is 3.53. The molecule has 1 amide bonds. The number of rotatable bonds is 4. The second kappa shape index (κ2) is 7.85. The predicted molar refractivity (Wildman–Crippen MR) is 95.6 cm³/mol. The number of benzene rings is 2. The Hall–Kier alpha value is -2.11. The summed E-state index contributed by atoms with van der Waals surface area (Å²) in [6.45, 7) is 0. The van der Waals surface area contributed by atoms with Crippen LogP contribution in [0.25, 0.3) is 0 Å². The summed E-state index contributed by atoms with van der Waals surface area (Å²) in [5, 5.41) is 3.47. The molecule has 1 aliphatic carbocycles. The van der Waals surface area contributed by atoms with Crippen molar-refractivity contribution in [1.29, 1.82) is 0 Å². The standard InChI is InChI=1S/C19H20ClFN2O2/c20-12-1-10-18(25-16-8-2-13(21)3-9-16)17(11-12)19(24)23-15-6-4-14(22)5-7-15/h1-3,8-11,14-15H,4-7,22H2,(H,23,24). The third kappa shape index (κ3) is 4.71. The highest BCUT2D eigenvalue weighted by Gasteiger charge is 2.22. The van der Waals surface area contributed by atoms with Crippen molar-refractivity contribution in [2.24, 2.45) is 5.73 Å². The number of hydrogen-bond donors (Lipinski definition) is 2. The molecule has 4 nitrogen and oxygen atoms in total. The molecule has 0 radical (unpaired) electrons. The van der Waals surface area contributed by atoms with Crippen LogP contribution in [0.3, 0.4) is 0 Å². The molecule has 25 heavy (non-hydrogen) atoms. The molecule has 0 bridgehead atoms. The lowest BCUT2D eigenvalue weighted by atomic mass is 9.91. The van der Waals surface area contributed by atoms with Gasteiger partial charge in [-0.25, -0.2) is 4.39 Å². The summed E-state index contributed by atoms with van der Waals surface area (Å²) < 4.78 is 18.8. The summed E-state index contributed by atoms with van der Waals surface area (Å²) >= 11 is 6.04. The maximum atomic E-state index is 13.0.